The van der Waals surface area contributed by atoms with Crippen molar-refractivity contribution in [2.24, 2.45) is 11.1 Å². The molecule has 0 unspecified atom stereocenters. The molecule has 0 fully saturated rings. The van der Waals surface area contributed by atoms with E-state index in [-0.39, 0.29) is 17.5 Å². The van der Waals surface area contributed by atoms with Gasteiger partial charge in [0.05, 0.1) is 10.4 Å². The molecule has 0 radical (unpaired) electrons. The van der Waals surface area contributed by atoms with Crippen LogP contribution in [-0.2, 0) is 4.79 Å². The first-order valence-corrected chi connectivity index (χ1v) is 6.33. The first-order chi connectivity index (χ1) is 8.49. The number of carbonyl (C=O) groups excluding carboxylic acids is 1. The summed E-state index contributed by atoms with van der Waals surface area (Å²) in [6.45, 7) is 4.10. The third-order valence-corrected chi connectivity index (χ3v) is 3.71. The van der Waals surface area contributed by atoms with Crippen LogP contribution in [0.3, 0.4) is 0 Å². The van der Waals surface area contributed by atoms with Gasteiger partial charge in [0.1, 0.15) is 5.82 Å². The van der Waals surface area contributed by atoms with Crippen molar-refractivity contribution in [3.63, 3.8) is 0 Å². The maximum atomic E-state index is 13.3. The molecule has 0 aromatic heterocycles. The van der Waals surface area contributed by atoms with Crippen LogP contribution in [0.15, 0.2) is 18.2 Å². The van der Waals surface area contributed by atoms with E-state index in [1.54, 1.807) is 6.07 Å². The van der Waals surface area contributed by atoms with E-state index in [4.69, 9.17) is 17.3 Å². The first-order valence-electron chi connectivity index (χ1n) is 5.95. The predicted molar refractivity (Wildman–Crippen MR) is 72.1 cm³/mol. The fourth-order valence-electron chi connectivity index (χ4n) is 1.79. The van der Waals surface area contributed by atoms with Crippen molar-refractivity contribution in [1.82, 2.24) is 0 Å². The highest BCUT2D eigenvalue weighted by molar-refractivity contribution is 6.30. The number of carbonyl (C=O) groups is 1. The molecule has 5 heteroatoms. The molecule has 0 saturated heterocycles. The minimum Gasteiger partial charge on any atom is -0.329 e. The number of anilines is 1. The van der Waals surface area contributed by atoms with Crippen LogP contribution in [-0.4, -0.2) is 12.5 Å². The molecule has 1 amide bonds. The number of benzene rings is 1. The van der Waals surface area contributed by atoms with Crippen LogP contribution in [0.25, 0.3) is 0 Å². The van der Waals surface area contributed by atoms with Gasteiger partial charge in [-0.2, -0.15) is 0 Å². The Morgan fingerprint density at radius 2 is 2.06 bits per heavy atom. The van der Waals surface area contributed by atoms with Crippen LogP contribution < -0.4 is 11.1 Å². The van der Waals surface area contributed by atoms with E-state index in [0.717, 1.165) is 0 Å². The summed E-state index contributed by atoms with van der Waals surface area (Å²) in [5.74, 6) is -0.738. The molecule has 0 spiro atoms. The molecule has 0 aliphatic carbocycles. The van der Waals surface area contributed by atoms with Crippen LogP contribution >= 0.6 is 11.6 Å². The Labute approximate surface area is 112 Å². The van der Waals surface area contributed by atoms with Gasteiger partial charge in [-0.15, -0.1) is 0 Å². The number of amides is 1. The summed E-state index contributed by atoms with van der Waals surface area (Å²) in [5, 5.41) is 2.72. The molecule has 0 heterocycles. The minimum absolute atomic E-state index is 0.0315. The van der Waals surface area contributed by atoms with Crippen molar-refractivity contribution >= 4 is 23.2 Å². The minimum atomic E-state index is -0.601. The quantitative estimate of drug-likeness (QED) is 0.865. The lowest BCUT2D eigenvalue weighted by Gasteiger charge is -2.28. The Morgan fingerprint density at radius 3 is 2.50 bits per heavy atom. The van der Waals surface area contributed by atoms with E-state index in [0.29, 0.717) is 18.5 Å². The average Bonchev–Trinajstić information content (AvgIpc) is 2.37. The van der Waals surface area contributed by atoms with Gasteiger partial charge in [-0.1, -0.05) is 25.4 Å². The zero-order valence-corrected chi connectivity index (χ0v) is 11.4. The molecule has 0 saturated carbocycles. The smallest absolute Gasteiger partial charge is 0.231 e. The van der Waals surface area contributed by atoms with E-state index >= 15 is 0 Å². The molecule has 0 aliphatic rings. The second-order valence-electron chi connectivity index (χ2n) is 4.27. The molecule has 18 heavy (non-hydrogen) atoms. The van der Waals surface area contributed by atoms with Gasteiger partial charge in [0.2, 0.25) is 5.91 Å². The Morgan fingerprint density at radius 1 is 1.44 bits per heavy atom. The van der Waals surface area contributed by atoms with Gasteiger partial charge >= 0.3 is 0 Å². The van der Waals surface area contributed by atoms with E-state index in [1.165, 1.54) is 12.1 Å². The zero-order chi connectivity index (χ0) is 13.8. The van der Waals surface area contributed by atoms with Crippen molar-refractivity contribution in [3.05, 3.63) is 29.0 Å². The number of hydrogen-bond donors (Lipinski definition) is 2. The van der Waals surface area contributed by atoms with Crippen molar-refractivity contribution in [2.45, 2.75) is 26.7 Å². The topological polar surface area (TPSA) is 55.1 Å². The van der Waals surface area contributed by atoms with Crippen LogP contribution in [0.5, 0.6) is 0 Å². The summed E-state index contributed by atoms with van der Waals surface area (Å²) < 4.78 is 13.3. The van der Waals surface area contributed by atoms with E-state index in [2.05, 4.69) is 5.32 Å². The van der Waals surface area contributed by atoms with E-state index in [9.17, 15) is 9.18 Å². The average molecular weight is 273 g/mol. The van der Waals surface area contributed by atoms with Gasteiger partial charge in [-0.05, 0) is 31.0 Å². The third kappa shape index (κ3) is 3.00. The van der Waals surface area contributed by atoms with Crippen LogP contribution in [0.2, 0.25) is 5.02 Å². The third-order valence-electron chi connectivity index (χ3n) is 3.40. The van der Waals surface area contributed by atoms with Gasteiger partial charge in [-0.3, -0.25) is 4.79 Å². The summed E-state index contributed by atoms with van der Waals surface area (Å²) in [5.41, 5.74) is 5.47. The molecule has 1 aromatic carbocycles. The molecule has 0 atom stereocenters. The standard InChI is InChI=1S/C13H18ClFN2O/c1-3-13(4-2,8-16)12(18)17-9-5-6-10(14)11(15)7-9/h5-7H,3-4,8,16H2,1-2H3,(H,17,18). The van der Waals surface area contributed by atoms with Gasteiger partial charge in [0.25, 0.3) is 0 Å². The summed E-state index contributed by atoms with van der Waals surface area (Å²) in [7, 11) is 0. The lowest BCUT2D eigenvalue weighted by atomic mass is 9.81. The molecular formula is C13H18ClFN2O. The summed E-state index contributed by atoms with van der Waals surface area (Å²) in [6.07, 6.45) is 1.28. The Hall–Kier alpha value is -1.13. The van der Waals surface area contributed by atoms with Crippen molar-refractivity contribution in [1.29, 1.82) is 0 Å². The number of rotatable bonds is 5. The highest BCUT2D eigenvalue weighted by Crippen LogP contribution is 2.27. The molecule has 3 nitrogen and oxygen atoms in total. The number of hydrogen-bond acceptors (Lipinski definition) is 2. The predicted octanol–water partition coefficient (Wildman–Crippen LogP) is 3.18. The van der Waals surface area contributed by atoms with Crippen LogP contribution in [0, 0.1) is 11.2 Å². The number of halogens is 2. The SMILES string of the molecule is CCC(CC)(CN)C(=O)Nc1ccc(Cl)c(F)c1. The molecule has 1 aromatic rings. The van der Waals surface area contributed by atoms with Crippen LogP contribution in [0.1, 0.15) is 26.7 Å². The summed E-state index contributed by atoms with van der Waals surface area (Å²) >= 11 is 5.58. The van der Waals surface area contributed by atoms with Crippen molar-refractivity contribution in [3.8, 4) is 0 Å². The maximum absolute atomic E-state index is 13.3. The van der Waals surface area contributed by atoms with Gasteiger partial charge in [0, 0.05) is 12.2 Å². The highest BCUT2D eigenvalue weighted by atomic mass is 35.5. The highest BCUT2D eigenvalue weighted by Gasteiger charge is 2.33. The largest absolute Gasteiger partial charge is 0.329 e. The second kappa shape index (κ2) is 6.16. The lowest BCUT2D eigenvalue weighted by Crippen LogP contribution is -2.41. The molecular weight excluding hydrogens is 255 g/mol. The molecule has 0 bridgehead atoms. The molecule has 100 valence electrons. The lowest BCUT2D eigenvalue weighted by molar-refractivity contribution is -0.125. The summed E-state index contributed by atoms with van der Waals surface area (Å²) in [4.78, 5) is 12.2. The fraction of sp³-hybridized carbons (Fsp3) is 0.462. The Bertz CT molecular complexity index is 425. The molecule has 0 aliphatic heterocycles. The summed E-state index contributed by atoms with van der Waals surface area (Å²) in [6, 6.07) is 4.18. The van der Waals surface area contributed by atoms with Crippen LogP contribution in [0.4, 0.5) is 10.1 Å². The Balaban J connectivity index is 2.89. The van der Waals surface area contributed by atoms with Gasteiger partial charge in [-0.25, -0.2) is 4.39 Å². The van der Waals surface area contributed by atoms with E-state index < -0.39 is 11.2 Å². The zero-order valence-electron chi connectivity index (χ0n) is 10.6. The number of nitrogens with two attached hydrogens (primary N) is 1. The maximum Gasteiger partial charge on any atom is 0.231 e. The normalized spacial score (nSPS) is 11.4. The van der Waals surface area contributed by atoms with Gasteiger partial charge in [0.15, 0.2) is 0 Å². The second-order valence-corrected chi connectivity index (χ2v) is 4.68. The first kappa shape index (κ1) is 14.9. The van der Waals surface area contributed by atoms with Gasteiger partial charge < -0.3 is 11.1 Å². The Kier molecular flexibility index (Phi) is 5.11. The van der Waals surface area contributed by atoms with E-state index in [1.807, 2.05) is 13.8 Å². The molecule has 3 N–H and O–H groups in total. The van der Waals surface area contributed by atoms with Crippen molar-refractivity contribution < 1.29 is 9.18 Å². The monoisotopic (exact) mass is 272 g/mol. The fourth-order valence-corrected chi connectivity index (χ4v) is 1.91. The molecule has 1 rings (SSSR count). The van der Waals surface area contributed by atoms with Crippen molar-refractivity contribution in [2.75, 3.05) is 11.9 Å². The number of nitrogens with one attached hydrogen (secondary N) is 1.